The molecule has 0 radical (unpaired) electrons. The van der Waals surface area contributed by atoms with E-state index in [1.807, 2.05) is 12.1 Å². The van der Waals surface area contributed by atoms with E-state index in [0.29, 0.717) is 17.8 Å². The molecule has 1 aromatic rings. The first-order valence-corrected chi connectivity index (χ1v) is 8.53. The van der Waals surface area contributed by atoms with Gasteiger partial charge in [-0.05, 0) is 44.1 Å². The maximum absolute atomic E-state index is 12.1. The molecule has 5 heteroatoms. The van der Waals surface area contributed by atoms with E-state index in [9.17, 15) is 9.59 Å². The van der Waals surface area contributed by atoms with Crippen molar-refractivity contribution in [2.75, 3.05) is 30.3 Å². The Hall–Kier alpha value is -1.88. The highest BCUT2D eigenvalue weighted by atomic mass is 16.2. The molecule has 0 unspecified atom stereocenters. The number of hydrogen-bond acceptors (Lipinski definition) is 3. The number of carbonyl (C=O) groups is 2. The second-order valence-electron chi connectivity index (χ2n) is 6.17. The highest BCUT2D eigenvalue weighted by Gasteiger charge is 2.10. The second-order valence-corrected chi connectivity index (χ2v) is 6.17. The highest BCUT2D eigenvalue weighted by Crippen LogP contribution is 2.15. The van der Waals surface area contributed by atoms with Gasteiger partial charge in [0.1, 0.15) is 0 Å². The monoisotopic (exact) mass is 317 g/mol. The number of nitrogens with one attached hydrogen (secondary N) is 2. The summed E-state index contributed by atoms with van der Waals surface area (Å²) in [6, 6.07) is 7.23. The fourth-order valence-electron chi connectivity index (χ4n) is 2.90. The van der Waals surface area contributed by atoms with Crippen LogP contribution >= 0.6 is 0 Å². The summed E-state index contributed by atoms with van der Waals surface area (Å²) in [6.07, 6.45) is 6.93. The van der Waals surface area contributed by atoms with Gasteiger partial charge in [-0.15, -0.1) is 0 Å². The van der Waals surface area contributed by atoms with Crippen molar-refractivity contribution >= 4 is 23.2 Å². The van der Waals surface area contributed by atoms with Crippen LogP contribution in [-0.2, 0) is 9.59 Å². The Morgan fingerprint density at radius 1 is 1.00 bits per heavy atom. The number of nitrogens with zero attached hydrogens (tertiary/aromatic N) is 1. The summed E-state index contributed by atoms with van der Waals surface area (Å²) >= 11 is 0. The lowest BCUT2D eigenvalue weighted by Gasteiger charge is -2.24. The van der Waals surface area contributed by atoms with Crippen LogP contribution in [0.1, 0.15) is 45.4 Å². The third-order valence-electron chi connectivity index (χ3n) is 4.07. The molecule has 0 atom stereocenters. The van der Waals surface area contributed by atoms with Gasteiger partial charge < -0.3 is 15.5 Å². The molecule has 1 aromatic carbocycles. The molecule has 2 N–H and O–H groups in total. The smallest absolute Gasteiger partial charge is 0.225 e. The Labute approximate surface area is 138 Å². The van der Waals surface area contributed by atoms with E-state index >= 15 is 0 Å². The SMILES string of the molecule is CC(=O)Nc1cccc(NC(=O)CCN2CCCCCCC2)c1. The van der Waals surface area contributed by atoms with Crippen LogP contribution in [0.3, 0.4) is 0 Å². The lowest BCUT2D eigenvalue weighted by atomic mass is 10.1. The molecule has 5 nitrogen and oxygen atoms in total. The molecule has 0 aliphatic carbocycles. The molecule has 1 aliphatic heterocycles. The standard InChI is InChI=1S/C18H27N3O2/c1-15(22)19-16-8-7-9-17(14-16)20-18(23)10-13-21-11-5-3-2-4-6-12-21/h7-9,14H,2-6,10-13H2,1H3,(H,19,22)(H,20,23). The predicted molar refractivity (Wildman–Crippen MR) is 93.5 cm³/mol. The molecule has 1 saturated heterocycles. The molecule has 0 spiro atoms. The van der Waals surface area contributed by atoms with Gasteiger partial charge in [-0.25, -0.2) is 0 Å². The van der Waals surface area contributed by atoms with Gasteiger partial charge in [0.25, 0.3) is 0 Å². The average molecular weight is 317 g/mol. The first-order chi connectivity index (χ1) is 11.1. The van der Waals surface area contributed by atoms with Crippen molar-refractivity contribution in [3.63, 3.8) is 0 Å². The van der Waals surface area contributed by atoms with E-state index < -0.39 is 0 Å². The van der Waals surface area contributed by atoms with E-state index in [0.717, 1.165) is 19.6 Å². The summed E-state index contributed by atoms with van der Waals surface area (Å²) in [4.78, 5) is 25.6. The highest BCUT2D eigenvalue weighted by molar-refractivity contribution is 5.93. The molecule has 0 bridgehead atoms. The van der Waals surface area contributed by atoms with Gasteiger partial charge in [0.2, 0.25) is 11.8 Å². The summed E-state index contributed by atoms with van der Waals surface area (Å²) in [5, 5.41) is 5.62. The van der Waals surface area contributed by atoms with Gasteiger partial charge in [-0.2, -0.15) is 0 Å². The molecule has 23 heavy (non-hydrogen) atoms. The van der Waals surface area contributed by atoms with Crippen LogP contribution in [0.15, 0.2) is 24.3 Å². The third kappa shape index (κ3) is 6.82. The van der Waals surface area contributed by atoms with Crippen molar-refractivity contribution in [2.45, 2.75) is 45.4 Å². The van der Waals surface area contributed by atoms with E-state index in [1.54, 1.807) is 12.1 Å². The number of carbonyl (C=O) groups excluding carboxylic acids is 2. The Bertz CT molecular complexity index is 523. The molecule has 0 saturated carbocycles. The van der Waals surface area contributed by atoms with Crippen molar-refractivity contribution in [3.8, 4) is 0 Å². The molecule has 1 heterocycles. The maximum atomic E-state index is 12.1. The molecular weight excluding hydrogens is 290 g/mol. The normalized spacial score (nSPS) is 16.2. The van der Waals surface area contributed by atoms with E-state index in [1.165, 1.54) is 39.0 Å². The Morgan fingerprint density at radius 2 is 1.61 bits per heavy atom. The first-order valence-electron chi connectivity index (χ1n) is 8.53. The number of anilines is 2. The van der Waals surface area contributed by atoms with Crippen molar-refractivity contribution in [2.24, 2.45) is 0 Å². The van der Waals surface area contributed by atoms with Gasteiger partial charge in [0, 0.05) is 31.3 Å². The summed E-state index contributed by atoms with van der Waals surface area (Å²) in [6.45, 7) is 4.49. The van der Waals surface area contributed by atoms with Crippen molar-refractivity contribution in [3.05, 3.63) is 24.3 Å². The lowest BCUT2D eigenvalue weighted by molar-refractivity contribution is -0.116. The number of amides is 2. The molecule has 1 fully saturated rings. The van der Waals surface area contributed by atoms with Crippen LogP contribution in [0, 0.1) is 0 Å². The van der Waals surface area contributed by atoms with Crippen LogP contribution in [0.5, 0.6) is 0 Å². The Balaban J connectivity index is 1.78. The fourth-order valence-corrected chi connectivity index (χ4v) is 2.90. The van der Waals surface area contributed by atoms with Crippen LogP contribution in [0.4, 0.5) is 11.4 Å². The quantitative estimate of drug-likeness (QED) is 0.876. The molecular formula is C18H27N3O2. The van der Waals surface area contributed by atoms with Gasteiger partial charge in [-0.1, -0.05) is 25.3 Å². The van der Waals surface area contributed by atoms with Crippen LogP contribution in [0.2, 0.25) is 0 Å². The zero-order valence-electron chi connectivity index (χ0n) is 13.9. The summed E-state index contributed by atoms with van der Waals surface area (Å²) in [7, 11) is 0. The number of rotatable bonds is 5. The zero-order chi connectivity index (χ0) is 16.5. The van der Waals surface area contributed by atoms with Crippen molar-refractivity contribution < 1.29 is 9.59 Å². The topological polar surface area (TPSA) is 61.4 Å². The number of hydrogen-bond donors (Lipinski definition) is 2. The van der Waals surface area contributed by atoms with Gasteiger partial charge in [0.15, 0.2) is 0 Å². The minimum atomic E-state index is -0.120. The predicted octanol–water partition coefficient (Wildman–Crippen LogP) is 3.24. The molecule has 126 valence electrons. The van der Waals surface area contributed by atoms with Crippen LogP contribution in [0.25, 0.3) is 0 Å². The fraction of sp³-hybridized carbons (Fsp3) is 0.556. The van der Waals surface area contributed by atoms with Crippen LogP contribution in [-0.4, -0.2) is 36.3 Å². The maximum Gasteiger partial charge on any atom is 0.225 e. The molecule has 2 amide bonds. The summed E-state index contributed by atoms with van der Waals surface area (Å²) in [5.41, 5.74) is 1.41. The largest absolute Gasteiger partial charge is 0.326 e. The van der Waals surface area contributed by atoms with Crippen molar-refractivity contribution in [1.82, 2.24) is 4.90 Å². The minimum absolute atomic E-state index is 0.0204. The first kappa shape index (κ1) is 17.5. The molecule has 1 aliphatic rings. The minimum Gasteiger partial charge on any atom is -0.326 e. The van der Waals surface area contributed by atoms with E-state index in [2.05, 4.69) is 15.5 Å². The third-order valence-corrected chi connectivity index (χ3v) is 4.07. The average Bonchev–Trinajstić information content (AvgIpc) is 2.45. The lowest BCUT2D eigenvalue weighted by Crippen LogP contribution is -2.30. The zero-order valence-corrected chi connectivity index (χ0v) is 13.9. The van der Waals surface area contributed by atoms with Gasteiger partial charge in [0.05, 0.1) is 0 Å². The summed E-state index contributed by atoms with van der Waals surface area (Å²) < 4.78 is 0. The Morgan fingerprint density at radius 3 is 2.26 bits per heavy atom. The number of benzene rings is 1. The summed E-state index contributed by atoms with van der Waals surface area (Å²) in [5.74, 6) is -0.0995. The Kier molecular flexibility index (Phi) is 7.07. The second kappa shape index (κ2) is 9.30. The van der Waals surface area contributed by atoms with Crippen molar-refractivity contribution in [1.29, 1.82) is 0 Å². The van der Waals surface area contributed by atoms with E-state index in [-0.39, 0.29) is 11.8 Å². The number of likely N-dealkylation sites (tertiary alicyclic amines) is 1. The molecule has 2 rings (SSSR count). The van der Waals surface area contributed by atoms with E-state index in [4.69, 9.17) is 0 Å². The van der Waals surface area contributed by atoms with Gasteiger partial charge in [-0.3, -0.25) is 9.59 Å². The van der Waals surface area contributed by atoms with Gasteiger partial charge >= 0.3 is 0 Å². The molecule has 0 aromatic heterocycles. The van der Waals surface area contributed by atoms with Crippen LogP contribution < -0.4 is 10.6 Å².